The van der Waals surface area contributed by atoms with Gasteiger partial charge in [0.2, 0.25) is 5.91 Å². The van der Waals surface area contributed by atoms with Gasteiger partial charge in [-0.3, -0.25) is 4.79 Å². The van der Waals surface area contributed by atoms with Crippen molar-refractivity contribution in [2.45, 2.75) is 32.4 Å². The van der Waals surface area contributed by atoms with E-state index in [1.807, 2.05) is 13.8 Å². The maximum absolute atomic E-state index is 11.8. The molecule has 1 fully saturated rings. The number of methoxy groups -OCH3 is 1. The van der Waals surface area contributed by atoms with Gasteiger partial charge >= 0.3 is 5.97 Å². The predicted molar refractivity (Wildman–Crippen MR) is 54.9 cm³/mol. The van der Waals surface area contributed by atoms with Crippen LogP contribution in [-0.2, 0) is 14.3 Å². The van der Waals surface area contributed by atoms with Crippen LogP contribution in [0.5, 0.6) is 0 Å². The van der Waals surface area contributed by atoms with E-state index in [1.54, 1.807) is 0 Å². The molecule has 0 spiro atoms. The average Bonchev–Trinajstić information content (AvgIpc) is 2.14. The molecule has 0 unspecified atom stereocenters. The van der Waals surface area contributed by atoms with E-state index in [0.717, 1.165) is 0 Å². The lowest BCUT2D eigenvalue weighted by molar-refractivity contribution is -0.160. The Hall–Kier alpha value is -1.10. The van der Waals surface area contributed by atoms with Gasteiger partial charge in [-0.1, -0.05) is 13.8 Å². The third kappa shape index (κ3) is 2.28. The van der Waals surface area contributed by atoms with Gasteiger partial charge in [0.1, 0.15) is 6.04 Å². The van der Waals surface area contributed by atoms with Crippen LogP contribution in [0.25, 0.3) is 0 Å². The molecule has 1 rings (SSSR count). The maximum atomic E-state index is 11.8. The molecule has 1 aliphatic heterocycles. The Balaban J connectivity index is 2.58. The number of likely N-dealkylation sites (tertiary alicyclic amines) is 1. The van der Waals surface area contributed by atoms with Crippen molar-refractivity contribution in [2.24, 2.45) is 11.7 Å². The highest BCUT2D eigenvalue weighted by atomic mass is 16.5. The molecule has 0 aromatic heterocycles. The Bertz CT molecular complexity index is 265. The first-order chi connectivity index (χ1) is 6.99. The third-order valence-corrected chi connectivity index (χ3v) is 2.78. The van der Waals surface area contributed by atoms with Gasteiger partial charge in [-0.05, 0) is 12.3 Å². The molecule has 1 heterocycles. The summed E-state index contributed by atoms with van der Waals surface area (Å²) in [6.45, 7) is 4.37. The van der Waals surface area contributed by atoms with Crippen molar-refractivity contribution in [2.75, 3.05) is 13.7 Å². The summed E-state index contributed by atoms with van der Waals surface area (Å²) in [5.74, 6) is -0.436. The monoisotopic (exact) mass is 214 g/mol. The second kappa shape index (κ2) is 4.61. The van der Waals surface area contributed by atoms with Crippen LogP contribution < -0.4 is 5.73 Å². The van der Waals surface area contributed by atoms with Crippen molar-refractivity contribution >= 4 is 11.9 Å². The lowest BCUT2D eigenvalue weighted by atomic mass is 9.97. The summed E-state index contributed by atoms with van der Waals surface area (Å²) in [7, 11) is 1.33. The molecular formula is C10H18N2O3. The van der Waals surface area contributed by atoms with Gasteiger partial charge in [0.05, 0.1) is 13.2 Å². The number of nitrogens with two attached hydrogens (primary N) is 1. The molecule has 2 N–H and O–H groups in total. The fraction of sp³-hybridized carbons (Fsp3) is 0.800. The Kier molecular flexibility index (Phi) is 3.68. The van der Waals surface area contributed by atoms with Crippen molar-refractivity contribution in [1.82, 2.24) is 4.90 Å². The van der Waals surface area contributed by atoms with Crippen LogP contribution in [0, 0.1) is 5.92 Å². The summed E-state index contributed by atoms with van der Waals surface area (Å²) < 4.78 is 4.60. The molecule has 86 valence electrons. The highest BCUT2D eigenvalue weighted by Crippen LogP contribution is 2.20. The Labute approximate surface area is 89.6 Å². The van der Waals surface area contributed by atoms with Gasteiger partial charge in [-0.15, -0.1) is 0 Å². The molecule has 0 aromatic carbocycles. The molecule has 2 atom stereocenters. The molecule has 0 aromatic rings. The smallest absolute Gasteiger partial charge is 0.328 e. The number of carbonyl (C=O) groups is 2. The lowest BCUT2D eigenvalue weighted by Gasteiger charge is -2.40. The summed E-state index contributed by atoms with van der Waals surface area (Å²) in [4.78, 5) is 24.5. The second-order valence-corrected chi connectivity index (χ2v) is 4.13. The van der Waals surface area contributed by atoms with Crippen LogP contribution in [0.3, 0.4) is 0 Å². The van der Waals surface area contributed by atoms with E-state index in [4.69, 9.17) is 5.73 Å². The third-order valence-electron chi connectivity index (χ3n) is 2.78. The SMILES string of the molecule is COC(=O)[C@@H]1CCN1C(=O)[C@@H](N)C(C)C. The molecule has 15 heavy (non-hydrogen) atoms. The fourth-order valence-corrected chi connectivity index (χ4v) is 1.51. The first kappa shape index (κ1) is 12.0. The zero-order chi connectivity index (χ0) is 11.6. The zero-order valence-electron chi connectivity index (χ0n) is 9.40. The van der Waals surface area contributed by atoms with Crippen molar-refractivity contribution < 1.29 is 14.3 Å². The number of esters is 1. The molecule has 5 heteroatoms. The minimum Gasteiger partial charge on any atom is -0.467 e. The van der Waals surface area contributed by atoms with E-state index in [-0.39, 0.29) is 17.8 Å². The number of hydrogen-bond acceptors (Lipinski definition) is 4. The van der Waals surface area contributed by atoms with Gasteiger partial charge in [0.25, 0.3) is 0 Å². The van der Waals surface area contributed by atoms with E-state index < -0.39 is 12.1 Å². The van der Waals surface area contributed by atoms with Crippen molar-refractivity contribution in [1.29, 1.82) is 0 Å². The quantitative estimate of drug-likeness (QED) is 0.657. The molecular weight excluding hydrogens is 196 g/mol. The summed E-state index contributed by atoms with van der Waals surface area (Å²) in [5.41, 5.74) is 5.73. The van der Waals surface area contributed by atoms with Gasteiger partial charge in [-0.2, -0.15) is 0 Å². The van der Waals surface area contributed by atoms with Crippen LogP contribution in [0.2, 0.25) is 0 Å². The van der Waals surface area contributed by atoms with Gasteiger partial charge in [0, 0.05) is 6.54 Å². The van der Waals surface area contributed by atoms with Crippen LogP contribution >= 0.6 is 0 Å². The molecule has 5 nitrogen and oxygen atoms in total. The Morgan fingerprint density at radius 2 is 2.07 bits per heavy atom. The van der Waals surface area contributed by atoms with E-state index in [0.29, 0.717) is 13.0 Å². The number of ether oxygens (including phenoxy) is 1. The largest absolute Gasteiger partial charge is 0.467 e. The minimum absolute atomic E-state index is 0.0800. The maximum Gasteiger partial charge on any atom is 0.328 e. The van der Waals surface area contributed by atoms with Crippen LogP contribution in [0.15, 0.2) is 0 Å². The number of nitrogens with zero attached hydrogens (tertiary/aromatic N) is 1. The average molecular weight is 214 g/mol. The van der Waals surface area contributed by atoms with Crippen molar-refractivity contribution in [3.05, 3.63) is 0 Å². The van der Waals surface area contributed by atoms with Crippen LogP contribution in [0.1, 0.15) is 20.3 Å². The van der Waals surface area contributed by atoms with E-state index in [1.165, 1.54) is 12.0 Å². The van der Waals surface area contributed by atoms with Crippen LogP contribution in [0.4, 0.5) is 0 Å². The highest BCUT2D eigenvalue weighted by Gasteiger charge is 2.40. The molecule has 0 bridgehead atoms. The molecule has 1 aliphatic rings. The first-order valence-electron chi connectivity index (χ1n) is 5.13. The normalized spacial score (nSPS) is 22.2. The number of rotatable bonds is 3. The van der Waals surface area contributed by atoms with E-state index in [9.17, 15) is 9.59 Å². The predicted octanol–water partition coefficient (Wildman–Crippen LogP) is -0.256. The first-order valence-corrected chi connectivity index (χ1v) is 5.13. The molecule has 0 radical (unpaired) electrons. The Morgan fingerprint density at radius 1 is 1.47 bits per heavy atom. The molecule has 1 amide bonds. The van der Waals surface area contributed by atoms with Gasteiger partial charge < -0.3 is 15.4 Å². The molecule has 0 aliphatic carbocycles. The standard InChI is InChI=1S/C10H18N2O3/c1-6(2)8(11)9(13)12-5-4-7(12)10(14)15-3/h6-8H,4-5,11H2,1-3H3/t7-,8-/m0/s1. The summed E-state index contributed by atoms with van der Waals surface area (Å²) in [6, 6.07) is -0.954. The number of amides is 1. The van der Waals surface area contributed by atoms with E-state index >= 15 is 0 Å². The molecule has 0 saturated carbocycles. The number of hydrogen-bond donors (Lipinski definition) is 1. The molecule has 1 saturated heterocycles. The lowest BCUT2D eigenvalue weighted by Crippen LogP contribution is -2.60. The number of carbonyl (C=O) groups excluding carboxylic acids is 2. The van der Waals surface area contributed by atoms with Gasteiger partial charge in [-0.25, -0.2) is 4.79 Å². The summed E-state index contributed by atoms with van der Waals surface area (Å²) >= 11 is 0. The summed E-state index contributed by atoms with van der Waals surface area (Å²) in [6.07, 6.45) is 0.670. The fourth-order valence-electron chi connectivity index (χ4n) is 1.51. The summed E-state index contributed by atoms with van der Waals surface area (Å²) in [5, 5.41) is 0. The van der Waals surface area contributed by atoms with E-state index in [2.05, 4.69) is 4.74 Å². The topological polar surface area (TPSA) is 72.6 Å². The van der Waals surface area contributed by atoms with Crippen molar-refractivity contribution in [3.8, 4) is 0 Å². The van der Waals surface area contributed by atoms with Crippen molar-refractivity contribution in [3.63, 3.8) is 0 Å². The van der Waals surface area contributed by atoms with Gasteiger partial charge in [0.15, 0.2) is 0 Å². The van der Waals surface area contributed by atoms with Crippen LogP contribution in [-0.4, -0.2) is 42.5 Å². The Morgan fingerprint density at radius 3 is 2.40 bits per heavy atom. The zero-order valence-corrected chi connectivity index (χ0v) is 9.40. The minimum atomic E-state index is -0.530. The second-order valence-electron chi connectivity index (χ2n) is 4.13. The highest BCUT2D eigenvalue weighted by molar-refractivity contribution is 5.89.